The van der Waals surface area contributed by atoms with Gasteiger partial charge in [-0.15, -0.1) is 11.8 Å². The van der Waals surface area contributed by atoms with Gasteiger partial charge in [0.05, 0.1) is 17.3 Å². The van der Waals surface area contributed by atoms with E-state index in [0.29, 0.717) is 16.4 Å². The van der Waals surface area contributed by atoms with Crippen molar-refractivity contribution in [3.05, 3.63) is 48.0 Å². The van der Waals surface area contributed by atoms with Crippen molar-refractivity contribution < 1.29 is 9.53 Å². The molecule has 0 saturated heterocycles. The van der Waals surface area contributed by atoms with Gasteiger partial charge in [-0.3, -0.25) is 10.1 Å². The van der Waals surface area contributed by atoms with Crippen LogP contribution < -0.4 is 10.1 Å². The molecule has 0 saturated carbocycles. The fraction of sp³-hybridized carbons (Fsp3) is 0.125. The summed E-state index contributed by atoms with van der Waals surface area (Å²) >= 11 is 3.16. The molecule has 0 aliphatic heterocycles. The molecule has 3 aromatic rings. The average molecular weight is 330 g/mol. The summed E-state index contributed by atoms with van der Waals surface area (Å²) in [4.78, 5) is 17.9. The Morgan fingerprint density at radius 3 is 2.91 bits per heavy atom. The summed E-state index contributed by atoms with van der Waals surface area (Å²) in [5.41, 5.74) is 1.44. The number of fused-ring (bicyclic) bond motifs is 1. The van der Waals surface area contributed by atoms with Crippen LogP contribution in [0.2, 0.25) is 0 Å². The quantitative estimate of drug-likeness (QED) is 0.726. The Hall–Kier alpha value is -2.05. The van der Waals surface area contributed by atoms with Gasteiger partial charge in [-0.2, -0.15) is 0 Å². The number of thioether (sulfide) groups is 1. The number of carbonyl (C=O) groups excluding carboxylic acids is 1. The third-order valence-electron chi connectivity index (χ3n) is 3.15. The number of anilines is 1. The molecular weight excluding hydrogens is 316 g/mol. The molecule has 1 amide bonds. The number of nitrogens with zero attached hydrogens (tertiary/aromatic N) is 1. The average Bonchev–Trinajstić information content (AvgIpc) is 2.95. The minimum absolute atomic E-state index is 0.192. The molecular formula is C16H14N2O2S2. The predicted octanol–water partition coefficient (Wildman–Crippen LogP) is 4.28. The van der Waals surface area contributed by atoms with E-state index in [1.807, 2.05) is 18.4 Å². The van der Waals surface area contributed by atoms with E-state index in [2.05, 4.69) is 16.4 Å². The van der Waals surface area contributed by atoms with Crippen LogP contribution in [-0.2, 0) is 0 Å². The van der Waals surface area contributed by atoms with Crippen LogP contribution in [0.3, 0.4) is 0 Å². The topological polar surface area (TPSA) is 51.2 Å². The molecule has 0 unspecified atom stereocenters. The molecule has 0 fully saturated rings. The van der Waals surface area contributed by atoms with Gasteiger partial charge >= 0.3 is 0 Å². The molecule has 0 radical (unpaired) electrons. The van der Waals surface area contributed by atoms with Crippen LogP contribution in [-0.4, -0.2) is 24.3 Å². The molecule has 2 aromatic carbocycles. The number of methoxy groups -OCH3 is 1. The SMILES string of the molecule is COc1cccc(C(=O)Nc2nc3ccc(SC)cc3s2)c1. The van der Waals surface area contributed by atoms with Gasteiger partial charge in [-0.25, -0.2) is 4.98 Å². The minimum atomic E-state index is -0.192. The molecule has 0 aliphatic carbocycles. The minimum Gasteiger partial charge on any atom is -0.497 e. The van der Waals surface area contributed by atoms with Crippen LogP contribution in [0, 0.1) is 0 Å². The second kappa shape index (κ2) is 6.37. The van der Waals surface area contributed by atoms with Crippen LogP contribution >= 0.6 is 23.1 Å². The van der Waals surface area contributed by atoms with E-state index >= 15 is 0 Å². The van der Waals surface area contributed by atoms with E-state index in [0.717, 1.165) is 10.2 Å². The van der Waals surface area contributed by atoms with Gasteiger partial charge in [0.15, 0.2) is 5.13 Å². The highest BCUT2D eigenvalue weighted by molar-refractivity contribution is 7.98. The largest absolute Gasteiger partial charge is 0.497 e. The normalized spacial score (nSPS) is 10.6. The standard InChI is InChI=1S/C16H14N2O2S2/c1-20-11-5-3-4-10(8-11)15(19)18-16-17-13-7-6-12(21-2)9-14(13)22-16/h3-9H,1-2H3,(H,17,18,19). The molecule has 6 heteroatoms. The molecule has 0 bridgehead atoms. The third kappa shape index (κ3) is 3.08. The maximum Gasteiger partial charge on any atom is 0.257 e. The van der Waals surface area contributed by atoms with Crippen LogP contribution in [0.25, 0.3) is 10.2 Å². The molecule has 112 valence electrons. The molecule has 0 spiro atoms. The molecule has 0 atom stereocenters. The number of thiazole rings is 1. The number of ether oxygens (including phenoxy) is 1. The first-order valence-corrected chi connectivity index (χ1v) is 8.63. The fourth-order valence-electron chi connectivity index (χ4n) is 2.02. The molecule has 1 aromatic heterocycles. The first-order valence-electron chi connectivity index (χ1n) is 6.59. The Bertz CT molecular complexity index is 830. The Labute approximate surface area is 136 Å². The van der Waals surface area contributed by atoms with Gasteiger partial charge < -0.3 is 4.74 Å². The zero-order valence-electron chi connectivity index (χ0n) is 12.1. The summed E-state index contributed by atoms with van der Waals surface area (Å²) in [6, 6.07) is 13.1. The van der Waals surface area contributed by atoms with Gasteiger partial charge in [0.2, 0.25) is 0 Å². The lowest BCUT2D eigenvalue weighted by atomic mass is 10.2. The maximum absolute atomic E-state index is 12.3. The predicted molar refractivity (Wildman–Crippen MR) is 92.3 cm³/mol. The number of hydrogen-bond donors (Lipinski definition) is 1. The lowest BCUT2D eigenvalue weighted by Gasteiger charge is -2.03. The second-order valence-corrected chi connectivity index (χ2v) is 6.45. The Kier molecular flexibility index (Phi) is 4.31. The lowest BCUT2D eigenvalue weighted by molar-refractivity contribution is 0.102. The fourth-order valence-corrected chi connectivity index (χ4v) is 3.43. The monoisotopic (exact) mass is 330 g/mol. The van der Waals surface area contributed by atoms with Gasteiger partial charge in [0, 0.05) is 10.5 Å². The van der Waals surface area contributed by atoms with E-state index in [1.165, 1.54) is 16.2 Å². The number of rotatable bonds is 4. The maximum atomic E-state index is 12.3. The molecule has 4 nitrogen and oxygen atoms in total. The summed E-state index contributed by atoms with van der Waals surface area (Å²) in [5.74, 6) is 0.463. The van der Waals surface area contributed by atoms with Crippen molar-refractivity contribution in [2.75, 3.05) is 18.7 Å². The summed E-state index contributed by atoms with van der Waals surface area (Å²) in [7, 11) is 1.58. The van der Waals surface area contributed by atoms with Crippen LogP contribution in [0.15, 0.2) is 47.4 Å². The van der Waals surface area contributed by atoms with Crippen molar-refractivity contribution in [3.63, 3.8) is 0 Å². The first-order chi connectivity index (χ1) is 10.7. The van der Waals surface area contributed by atoms with Crippen LogP contribution in [0.5, 0.6) is 5.75 Å². The van der Waals surface area contributed by atoms with Crippen molar-refractivity contribution in [2.45, 2.75) is 4.90 Å². The third-order valence-corrected chi connectivity index (χ3v) is 4.81. The Morgan fingerprint density at radius 2 is 2.14 bits per heavy atom. The number of hydrogen-bond acceptors (Lipinski definition) is 5. The van der Waals surface area contributed by atoms with Crippen LogP contribution in [0.1, 0.15) is 10.4 Å². The number of aromatic nitrogens is 1. The number of amides is 1. The van der Waals surface area contributed by atoms with Crippen LogP contribution in [0.4, 0.5) is 5.13 Å². The smallest absolute Gasteiger partial charge is 0.257 e. The van der Waals surface area contributed by atoms with Crippen molar-refractivity contribution in [2.24, 2.45) is 0 Å². The van der Waals surface area contributed by atoms with Gasteiger partial charge in [-0.05, 0) is 42.7 Å². The summed E-state index contributed by atoms with van der Waals surface area (Å²) in [5, 5.41) is 3.44. The number of carbonyl (C=O) groups is 1. The molecule has 22 heavy (non-hydrogen) atoms. The summed E-state index contributed by atoms with van der Waals surface area (Å²) in [6.07, 6.45) is 2.04. The van der Waals surface area contributed by atoms with Crippen molar-refractivity contribution in [1.82, 2.24) is 4.98 Å². The molecule has 0 aliphatic rings. The van der Waals surface area contributed by atoms with Crippen molar-refractivity contribution in [3.8, 4) is 5.75 Å². The van der Waals surface area contributed by atoms with Crippen molar-refractivity contribution >= 4 is 44.4 Å². The first kappa shape index (κ1) is 14.9. The number of nitrogens with one attached hydrogen (secondary N) is 1. The van der Waals surface area contributed by atoms with Gasteiger partial charge in [0.1, 0.15) is 5.75 Å². The lowest BCUT2D eigenvalue weighted by Crippen LogP contribution is -2.11. The van der Waals surface area contributed by atoms with E-state index in [-0.39, 0.29) is 5.91 Å². The zero-order chi connectivity index (χ0) is 15.5. The summed E-state index contributed by atoms with van der Waals surface area (Å²) in [6.45, 7) is 0. The molecule has 1 heterocycles. The van der Waals surface area contributed by atoms with Gasteiger partial charge in [-0.1, -0.05) is 17.4 Å². The molecule has 3 rings (SSSR count). The Morgan fingerprint density at radius 1 is 1.27 bits per heavy atom. The Balaban J connectivity index is 1.84. The molecule has 1 N–H and O–H groups in total. The van der Waals surface area contributed by atoms with E-state index in [1.54, 1.807) is 43.1 Å². The second-order valence-electron chi connectivity index (χ2n) is 4.54. The highest BCUT2D eigenvalue weighted by Gasteiger charge is 2.11. The van der Waals surface area contributed by atoms with Crippen molar-refractivity contribution in [1.29, 1.82) is 0 Å². The number of benzene rings is 2. The van der Waals surface area contributed by atoms with E-state index in [9.17, 15) is 4.79 Å². The summed E-state index contributed by atoms with van der Waals surface area (Å²) < 4.78 is 6.20. The zero-order valence-corrected chi connectivity index (χ0v) is 13.8. The highest BCUT2D eigenvalue weighted by atomic mass is 32.2. The highest BCUT2D eigenvalue weighted by Crippen LogP contribution is 2.29. The van der Waals surface area contributed by atoms with E-state index < -0.39 is 0 Å². The van der Waals surface area contributed by atoms with Gasteiger partial charge in [0.25, 0.3) is 5.91 Å². The van der Waals surface area contributed by atoms with E-state index in [4.69, 9.17) is 4.74 Å².